The summed E-state index contributed by atoms with van der Waals surface area (Å²) in [7, 11) is 0. The van der Waals surface area contributed by atoms with E-state index in [4.69, 9.17) is 16.4 Å². The quantitative estimate of drug-likeness (QED) is 0.383. The number of phenols is 1. The van der Waals surface area contributed by atoms with Crippen molar-refractivity contribution in [3.05, 3.63) is 57.8 Å². The molecule has 1 aromatic carbocycles. The molecule has 0 aliphatic heterocycles. The van der Waals surface area contributed by atoms with Crippen molar-refractivity contribution in [1.29, 1.82) is 0 Å². The number of aromatic nitrogens is 1. The Morgan fingerprint density at radius 3 is 2.54 bits per heavy atom. The lowest BCUT2D eigenvalue weighted by molar-refractivity contribution is -0.607. The molecule has 1 heterocycles. The Balaban J connectivity index is 2.72. The molecule has 128 valence electrons. The molecule has 0 unspecified atom stereocenters. The third-order valence-corrected chi connectivity index (χ3v) is 3.16. The molecule has 0 saturated heterocycles. The molecule has 1 aromatic heterocycles. The first-order valence-corrected chi connectivity index (χ1v) is 7.34. The van der Waals surface area contributed by atoms with Gasteiger partial charge in [-0.3, -0.25) is 0 Å². The van der Waals surface area contributed by atoms with Gasteiger partial charge in [0.15, 0.2) is 17.7 Å². The molecule has 2 rings (SSSR count). The van der Waals surface area contributed by atoms with Crippen molar-refractivity contribution in [2.24, 2.45) is 5.16 Å². The summed E-state index contributed by atoms with van der Waals surface area (Å²) in [4.78, 5) is 5.29. The number of halogens is 2. The van der Waals surface area contributed by atoms with Gasteiger partial charge in [-0.15, -0.1) is 0 Å². The van der Waals surface area contributed by atoms with Gasteiger partial charge in [0.05, 0.1) is 10.6 Å². The maximum Gasteiger partial charge on any atom is 0.288 e. The van der Waals surface area contributed by atoms with E-state index in [1.54, 1.807) is 20.8 Å². The fourth-order valence-corrected chi connectivity index (χ4v) is 1.99. The average Bonchev–Trinajstić information content (AvgIpc) is 2.45. The van der Waals surface area contributed by atoms with E-state index in [-0.39, 0.29) is 22.0 Å². The van der Waals surface area contributed by atoms with Crippen LogP contribution in [0.2, 0.25) is 5.02 Å². The first kappa shape index (κ1) is 17.8. The Hall–Kier alpha value is -2.54. The van der Waals surface area contributed by atoms with Crippen molar-refractivity contribution in [2.75, 3.05) is 0 Å². The minimum absolute atomic E-state index is 0.146. The Kier molecular flexibility index (Phi) is 4.84. The summed E-state index contributed by atoms with van der Waals surface area (Å²) < 4.78 is 14.2. The Morgan fingerprint density at radius 1 is 1.29 bits per heavy atom. The number of benzene rings is 1. The predicted molar refractivity (Wildman–Crippen MR) is 86.6 cm³/mol. The van der Waals surface area contributed by atoms with Gasteiger partial charge in [-0.2, -0.15) is 4.73 Å². The van der Waals surface area contributed by atoms with Gasteiger partial charge in [-0.25, -0.2) is 4.39 Å². The summed E-state index contributed by atoms with van der Waals surface area (Å²) in [5, 5.41) is 35.7. The largest absolute Gasteiger partial charge is 0.618 e. The summed E-state index contributed by atoms with van der Waals surface area (Å²) in [6.45, 7) is 5.14. The molecule has 0 spiro atoms. The monoisotopic (exact) mass is 354 g/mol. The van der Waals surface area contributed by atoms with Crippen LogP contribution in [0.3, 0.4) is 0 Å². The third-order valence-electron chi connectivity index (χ3n) is 2.87. The van der Waals surface area contributed by atoms with Crippen LogP contribution in [0.1, 0.15) is 32.0 Å². The van der Waals surface area contributed by atoms with E-state index >= 15 is 0 Å². The first-order valence-electron chi connectivity index (χ1n) is 6.96. The lowest BCUT2D eigenvalue weighted by Gasteiger charge is -2.17. The molecule has 6 nitrogen and oxygen atoms in total. The van der Waals surface area contributed by atoms with Crippen LogP contribution in [0.25, 0.3) is 0 Å². The molecule has 2 aromatic rings. The van der Waals surface area contributed by atoms with Gasteiger partial charge in [0.1, 0.15) is 17.2 Å². The minimum atomic E-state index is -0.819. The molecule has 0 radical (unpaired) electrons. The van der Waals surface area contributed by atoms with Crippen LogP contribution in [0.5, 0.6) is 11.5 Å². The second-order valence-corrected chi connectivity index (χ2v) is 6.40. The summed E-state index contributed by atoms with van der Waals surface area (Å²) >= 11 is 5.63. The standard InChI is InChI=1S/C16H16ClFN2O4/c1-16(2,3)24-19-14(15-12(21)5-4-6-20(15)23)9-7-11(18)10(17)8-13(9)22/h4-8,21-22H,1-3H3/b19-14-. The number of hydrogen-bond acceptors (Lipinski definition) is 5. The fourth-order valence-electron chi connectivity index (χ4n) is 1.83. The lowest BCUT2D eigenvalue weighted by atomic mass is 10.0. The molecule has 0 saturated carbocycles. The molecule has 0 aliphatic rings. The number of aromatic hydroxyl groups is 2. The van der Waals surface area contributed by atoms with Gasteiger partial charge in [0, 0.05) is 12.1 Å². The zero-order chi connectivity index (χ0) is 18.1. The molecule has 0 bridgehead atoms. The fraction of sp³-hybridized carbons (Fsp3) is 0.250. The summed E-state index contributed by atoms with van der Waals surface area (Å²) in [5.74, 6) is -1.64. The number of nitrogens with zero attached hydrogens (tertiary/aromatic N) is 2. The lowest BCUT2D eigenvalue weighted by Crippen LogP contribution is -2.35. The van der Waals surface area contributed by atoms with Crippen molar-refractivity contribution in [3.8, 4) is 11.5 Å². The predicted octanol–water partition coefficient (Wildman–Crippen LogP) is 3.09. The molecule has 0 fully saturated rings. The van der Waals surface area contributed by atoms with E-state index in [1.807, 2.05) is 0 Å². The highest BCUT2D eigenvalue weighted by atomic mass is 35.5. The van der Waals surface area contributed by atoms with Crippen LogP contribution in [0, 0.1) is 11.0 Å². The number of hydrogen-bond donors (Lipinski definition) is 2. The zero-order valence-corrected chi connectivity index (χ0v) is 14.0. The first-order chi connectivity index (χ1) is 11.1. The highest BCUT2D eigenvalue weighted by molar-refractivity contribution is 6.31. The molecular weight excluding hydrogens is 339 g/mol. The second-order valence-electron chi connectivity index (χ2n) is 5.99. The summed E-state index contributed by atoms with van der Waals surface area (Å²) in [6.07, 6.45) is 1.13. The van der Waals surface area contributed by atoms with E-state index in [0.717, 1.165) is 18.3 Å². The minimum Gasteiger partial charge on any atom is -0.618 e. The van der Waals surface area contributed by atoms with Crippen molar-refractivity contribution < 1.29 is 24.2 Å². The van der Waals surface area contributed by atoms with Crippen molar-refractivity contribution >= 4 is 17.3 Å². The summed E-state index contributed by atoms with van der Waals surface area (Å²) in [5.41, 5.74) is -1.39. The van der Waals surface area contributed by atoms with Crippen LogP contribution >= 0.6 is 11.6 Å². The third kappa shape index (κ3) is 3.86. The molecule has 24 heavy (non-hydrogen) atoms. The molecule has 2 N–H and O–H groups in total. The van der Waals surface area contributed by atoms with Crippen LogP contribution in [-0.2, 0) is 4.84 Å². The Bertz CT molecular complexity index is 783. The molecule has 0 amide bonds. The van der Waals surface area contributed by atoms with Gasteiger partial charge >= 0.3 is 0 Å². The van der Waals surface area contributed by atoms with Gasteiger partial charge in [-0.05, 0) is 32.9 Å². The Labute approximate surface area is 143 Å². The normalized spacial score (nSPS) is 12.3. The van der Waals surface area contributed by atoms with Crippen molar-refractivity contribution in [1.82, 2.24) is 0 Å². The SMILES string of the molecule is CC(C)(C)O/N=C(/c1cc(F)c(Cl)cc1O)c1c(O)ccc[n+]1[O-]. The maximum absolute atomic E-state index is 13.8. The maximum atomic E-state index is 13.8. The average molecular weight is 355 g/mol. The molecule has 0 aliphatic carbocycles. The van der Waals surface area contributed by atoms with Crippen molar-refractivity contribution in [3.63, 3.8) is 0 Å². The number of pyridine rings is 1. The van der Waals surface area contributed by atoms with E-state index < -0.39 is 22.9 Å². The smallest absolute Gasteiger partial charge is 0.288 e. The van der Waals surface area contributed by atoms with Gasteiger partial charge in [-0.1, -0.05) is 16.8 Å². The van der Waals surface area contributed by atoms with E-state index in [0.29, 0.717) is 4.73 Å². The highest BCUT2D eigenvalue weighted by Crippen LogP contribution is 2.29. The van der Waals surface area contributed by atoms with Gasteiger partial charge < -0.3 is 20.3 Å². The van der Waals surface area contributed by atoms with Crippen LogP contribution < -0.4 is 4.73 Å². The van der Waals surface area contributed by atoms with E-state index in [9.17, 15) is 19.8 Å². The topological polar surface area (TPSA) is 89.0 Å². The summed E-state index contributed by atoms with van der Waals surface area (Å²) in [6, 6.07) is 4.49. The van der Waals surface area contributed by atoms with Crippen molar-refractivity contribution in [2.45, 2.75) is 26.4 Å². The number of phenolic OH excluding ortho intramolecular Hbond substituents is 1. The molecule has 0 atom stereocenters. The van der Waals surface area contributed by atoms with E-state index in [2.05, 4.69) is 5.16 Å². The van der Waals surface area contributed by atoms with Crippen LogP contribution in [0.4, 0.5) is 4.39 Å². The zero-order valence-electron chi connectivity index (χ0n) is 13.2. The van der Waals surface area contributed by atoms with Crippen LogP contribution in [-0.4, -0.2) is 21.5 Å². The molecular formula is C16H16ClFN2O4. The van der Waals surface area contributed by atoms with Crippen LogP contribution in [0.15, 0.2) is 35.6 Å². The second kappa shape index (κ2) is 6.52. The molecule has 8 heteroatoms. The van der Waals surface area contributed by atoms with Gasteiger partial charge in [0.2, 0.25) is 0 Å². The number of rotatable bonds is 3. The van der Waals surface area contributed by atoms with Gasteiger partial charge in [0.25, 0.3) is 5.69 Å². The Morgan fingerprint density at radius 2 is 1.96 bits per heavy atom. The number of oxime groups is 1. The van der Waals surface area contributed by atoms with E-state index in [1.165, 1.54) is 12.1 Å². The highest BCUT2D eigenvalue weighted by Gasteiger charge is 2.27.